The first-order valence-electron chi connectivity index (χ1n) is 9.30. The minimum absolute atomic E-state index is 0.0346. The van der Waals surface area contributed by atoms with Crippen molar-refractivity contribution in [2.45, 2.75) is 26.9 Å². The number of aromatic nitrogens is 2. The number of benzene rings is 1. The molecule has 1 unspecified atom stereocenters. The van der Waals surface area contributed by atoms with Crippen LogP contribution in [0, 0.1) is 18.3 Å². The van der Waals surface area contributed by atoms with Gasteiger partial charge in [0.1, 0.15) is 15.9 Å². The summed E-state index contributed by atoms with van der Waals surface area (Å²) in [6.45, 7) is 4.84. The quantitative estimate of drug-likeness (QED) is 0.580. The number of para-hydroxylation sites is 2. The second-order valence-electron chi connectivity index (χ2n) is 6.37. The van der Waals surface area contributed by atoms with Crippen LogP contribution in [0.25, 0.3) is 11.0 Å². The van der Waals surface area contributed by atoms with E-state index in [1.165, 1.54) is 13.1 Å². The summed E-state index contributed by atoms with van der Waals surface area (Å²) in [5.41, 5.74) is 1.68. The zero-order valence-electron chi connectivity index (χ0n) is 17.0. The lowest BCUT2D eigenvalue weighted by atomic mass is 10.2. The Balaban J connectivity index is 1.73. The zero-order chi connectivity index (χ0) is 22.5. The van der Waals surface area contributed by atoms with E-state index in [4.69, 9.17) is 9.47 Å². The Bertz CT molecular complexity index is 1210. The molecule has 1 amide bonds. The summed E-state index contributed by atoms with van der Waals surface area (Å²) in [5.74, 6) is -2.04. The van der Waals surface area contributed by atoms with Crippen LogP contribution in [0.4, 0.5) is 5.00 Å². The number of nitriles is 1. The molecule has 0 fully saturated rings. The molecule has 10 heteroatoms. The average molecular weight is 438 g/mol. The summed E-state index contributed by atoms with van der Waals surface area (Å²) in [4.78, 5) is 45.5. The van der Waals surface area contributed by atoms with E-state index in [9.17, 15) is 19.6 Å². The predicted octanol–water partition coefficient (Wildman–Crippen LogP) is 3.23. The van der Waals surface area contributed by atoms with Gasteiger partial charge in [-0.2, -0.15) is 5.26 Å². The number of fused-ring (bicyclic) bond motifs is 1. The molecule has 0 aliphatic carbocycles. The van der Waals surface area contributed by atoms with E-state index >= 15 is 0 Å². The van der Waals surface area contributed by atoms with Crippen LogP contribution in [0.3, 0.4) is 0 Å². The fourth-order valence-corrected chi connectivity index (χ4v) is 3.72. The smallest absolute Gasteiger partial charge is 0.359 e. The standard InChI is InChI=1S/C21H18N4O5S/c1-4-29-21(28)17-11(2)13(9-22)19(31-17)25-18(26)12(3)30-20(27)16-10-23-14-7-5-6-8-15(14)24-16/h5-8,10,12H,4H2,1-3H3,(H,25,26). The highest BCUT2D eigenvalue weighted by Crippen LogP contribution is 2.33. The molecule has 0 aliphatic heterocycles. The summed E-state index contributed by atoms with van der Waals surface area (Å²) >= 11 is 0.929. The second-order valence-corrected chi connectivity index (χ2v) is 7.39. The maximum atomic E-state index is 12.5. The van der Waals surface area contributed by atoms with Crippen molar-refractivity contribution in [3.8, 4) is 6.07 Å². The Labute approximate surface area is 181 Å². The number of thiophene rings is 1. The van der Waals surface area contributed by atoms with Crippen LogP contribution in [0.2, 0.25) is 0 Å². The molecule has 2 aromatic heterocycles. The summed E-state index contributed by atoms with van der Waals surface area (Å²) in [7, 11) is 0. The number of hydrogen-bond acceptors (Lipinski definition) is 9. The van der Waals surface area contributed by atoms with Crippen LogP contribution in [-0.4, -0.2) is 40.5 Å². The van der Waals surface area contributed by atoms with Crippen molar-refractivity contribution in [2.24, 2.45) is 0 Å². The minimum atomic E-state index is -1.18. The average Bonchev–Trinajstić information content (AvgIpc) is 3.08. The van der Waals surface area contributed by atoms with Crippen LogP contribution in [0.1, 0.15) is 45.1 Å². The van der Waals surface area contributed by atoms with Crippen molar-refractivity contribution in [1.29, 1.82) is 5.26 Å². The van der Waals surface area contributed by atoms with Gasteiger partial charge in [-0.25, -0.2) is 14.6 Å². The van der Waals surface area contributed by atoms with E-state index in [1.54, 1.807) is 38.1 Å². The molecule has 0 aliphatic rings. The first-order valence-corrected chi connectivity index (χ1v) is 10.1. The van der Waals surface area contributed by atoms with Gasteiger partial charge in [0.2, 0.25) is 0 Å². The Kier molecular flexibility index (Phi) is 6.57. The molecule has 1 N–H and O–H groups in total. The molecule has 0 radical (unpaired) electrons. The van der Waals surface area contributed by atoms with Gasteiger partial charge >= 0.3 is 11.9 Å². The van der Waals surface area contributed by atoms with E-state index in [1.807, 2.05) is 6.07 Å². The number of hydrogen-bond donors (Lipinski definition) is 1. The fraction of sp³-hybridized carbons (Fsp3) is 0.238. The molecule has 2 heterocycles. The lowest BCUT2D eigenvalue weighted by molar-refractivity contribution is -0.123. The molecule has 0 spiro atoms. The molecule has 3 rings (SSSR count). The van der Waals surface area contributed by atoms with Gasteiger partial charge in [-0.3, -0.25) is 9.78 Å². The predicted molar refractivity (Wildman–Crippen MR) is 113 cm³/mol. The summed E-state index contributed by atoms with van der Waals surface area (Å²) < 4.78 is 10.2. The monoisotopic (exact) mass is 438 g/mol. The van der Waals surface area contributed by atoms with Gasteiger partial charge in [-0.15, -0.1) is 11.3 Å². The largest absolute Gasteiger partial charge is 0.462 e. The number of ether oxygens (including phenoxy) is 2. The molecule has 158 valence electrons. The molecule has 9 nitrogen and oxygen atoms in total. The Morgan fingerprint density at radius 2 is 1.94 bits per heavy atom. The van der Waals surface area contributed by atoms with Crippen molar-refractivity contribution in [3.05, 3.63) is 52.2 Å². The van der Waals surface area contributed by atoms with E-state index in [0.717, 1.165) is 11.3 Å². The Morgan fingerprint density at radius 3 is 2.61 bits per heavy atom. The number of amides is 1. The Morgan fingerprint density at radius 1 is 1.23 bits per heavy atom. The van der Waals surface area contributed by atoms with Gasteiger partial charge < -0.3 is 14.8 Å². The number of carbonyl (C=O) groups excluding carboxylic acids is 3. The van der Waals surface area contributed by atoms with Gasteiger partial charge in [-0.1, -0.05) is 12.1 Å². The lowest BCUT2D eigenvalue weighted by Crippen LogP contribution is -2.30. The van der Waals surface area contributed by atoms with Gasteiger partial charge in [0.05, 0.1) is 29.4 Å². The van der Waals surface area contributed by atoms with Crippen LogP contribution in [-0.2, 0) is 14.3 Å². The SMILES string of the molecule is CCOC(=O)c1sc(NC(=O)C(C)OC(=O)c2cnc3ccccc3n2)c(C#N)c1C. The van der Waals surface area contributed by atoms with Crippen LogP contribution >= 0.6 is 11.3 Å². The van der Waals surface area contributed by atoms with Gasteiger partial charge in [0.25, 0.3) is 5.91 Å². The third kappa shape index (κ3) is 4.67. The van der Waals surface area contributed by atoms with Crippen molar-refractivity contribution >= 4 is 45.2 Å². The van der Waals surface area contributed by atoms with Crippen molar-refractivity contribution in [3.63, 3.8) is 0 Å². The molecule has 31 heavy (non-hydrogen) atoms. The molecular formula is C21H18N4O5S. The highest BCUT2D eigenvalue weighted by Gasteiger charge is 2.25. The third-order valence-electron chi connectivity index (χ3n) is 4.27. The van der Waals surface area contributed by atoms with Crippen molar-refractivity contribution < 1.29 is 23.9 Å². The number of anilines is 1. The maximum Gasteiger partial charge on any atom is 0.359 e. The topological polar surface area (TPSA) is 131 Å². The van der Waals surface area contributed by atoms with Crippen LogP contribution in [0.5, 0.6) is 0 Å². The third-order valence-corrected chi connectivity index (χ3v) is 5.45. The molecule has 0 saturated heterocycles. The van der Waals surface area contributed by atoms with E-state index in [-0.39, 0.29) is 27.7 Å². The number of nitrogens with one attached hydrogen (secondary N) is 1. The number of esters is 2. The molecule has 1 atom stereocenters. The maximum absolute atomic E-state index is 12.5. The first kappa shape index (κ1) is 21.9. The number of carbonyl (C=O) groups is 3. The molecular weight excluding hydrogens is 420 g/mol. The first-order chi connectivity index (χ1) is 14.8. The molecule has 3 aromatic rings. The van der Waals surface area contributed by atoms with Crippen LogP contribution < -0.4 is 5.32 Å². The van der Waals surface area contributed by atoms with Crippen molar-refractivity contribution in [2.75, 3.05) is 11.9 Å². The van der Waals surface area contributed by atoms with Gasteiger partial charge in [0, 0.05) is 0 Å². The van der Waals surface area contributed by atoms with E-state index in [2.05, 4.69) is 15.3 Å². The van der Waals surface area contributed by atoms with E-state index < -0.39 is 23.9 Å². The number of rotatable bonds is 6. The number of nitrogens with zero attached hydrogens (tertiary/aromatic N) is 3. The molecule has 0 bridgehead atoms. The zero-order valence-corrected chi connectivity index (χ0v) is 17.8. The summed E-state index contributed by atoms with van der Waals surface area (Å²) in [5, 5.41) is 12.1. The Hall–Kier alpha value is -3.84. The highest BCUT2D eigenvalue weighted by atomic mass is 32.1. The lowest BCUT2D eigenvalue weighted by Gasteiger charge is -2.12. The summed E-state index contributed by atoms with van der Waals surface area (Å²) in [6.07, 6.45) is 0.0953. The van der Waals surface area contributed by atoms with Crippen LogP contribution in [0.15, 0.2) is 30.5 Å². The fourth-order valence-electron chi connectivity index (χ4n) is 2.67. The molecule has 0 saturated carbocycles. The van der Waals surface area contributed by atoms with Gasteiger partial charge in [-0.05, 0) is 38.5 Å². The minimum Gasteiger partial charge on any atom is -0.462 e. The molecule has 1 aromatic carbocycles. The normalized spacial score (nSPS) is 11.4. The summed E-state index contributed by atoms with van der Waals surface area (Å²) in [6, 6.07) is 9.00. The highest BCUT2D eigenvalue weighted by molar-refractivity contribution is 7.18. The van der Waals surface area contributed by atoms with Crippen molar-refractivity contribution in [1.82, 2.24) is 9.97 Å². The second kappa shape index (κ2) is 9.32. The van der Waals surface area contributed by atoms with E-state index in [0.29, 0.717) is 16.6 Å². The van der Waals surface area contributed by atoms with Gasteiger partial charge in [0.15, 0.2) is 11.8 Å².